The maximum absolute atomic E-state index is 16.8. The lowest BCUT2D eigenvalue weighted by Gasteiger charge is -2.39. The Balaban J connectivity index is 1.33. The average molecular weight is 643 g/mol. The molecule has 3 aromatic carbocycles. The summed E-state index contributed by atoms with van der Waals surface area (Å²) in [6.45, 7) is 13.7. The van der Waals surface area contributed by atoms with Crippen LogP contribution in [0.4, 0.5) is 14.6 Å². The molecule has 7 rings (SSSR count). The van der Waals surface area contributed by atoms with E-state index in [4.69, 9.17) is 27.9 Å². The minimum Gasteiger partial charge on any atom is -0.461 e. The number of anilines is 1. The van der Waals surface area contributed by atoms with Gasteiger partial charge in [0.25, 0.3) is 0 Å². The van der Waals surface area contributed by atoms with Gasteiger partial charge in [-0.15, -0.1) is 0 Å². The second kappa shape index (κ2) is 12.1. The number of hydrogen-bond acceptors (Lipinski definition) is 6. The summed E-state index contributed by atoms with van der Waals surface area (Å²) in [4.78, 5) is 31.3. The van der Waals surface area contributed by atoms with Gasteiger partial charge in [0.2, 0.25) is 12.5 Å². The topological polar surface area (TPSA) is 66.2 Å². The SMILES string of the molecule is [C-]#[N+]C[C@H]1CN(c2nc(OC[C@@]34CCCN3C[C@H](F)C4)nc3c(F)c(-c4cccc5cccc(Cl)c45)ccc23)CCN1C(=O)C=C. The van der Waals surface area contributed by atoms with Crippen molar-refractivity contribution in [1.29, 1.82) is 0 Å². The van der Waals surface area contributed by atoms with Crippen LogP contribution < -0.4 is 9.64 Å². The van der Waals surface area contributed by atoms with Gasteiger partial charge in [-0.3, -0.25) is 9.69 Å². The molecule has 1 aromatic heterocycles. The van der Waals surface area contributed by atoms with Crippen LogP contribution in [0.1, 0.15) is 19.3 Å². The van der Waals surface area contributed by atoms with Gasteiger partial charge in [-0.05, 0) is 48.5 Å². The molecule has 4 aromatic rings. The Morgan fingerprint density at radius 3 is 2.76 bits per heavy atom. The molecule has 0 aliphatic carbocycles. The third kappa shape index (κ3) is 5.21. The van der Waals surface area contributed by atoms with Crippen molar-refractivity contribution in [2.24, 2.45) is 0 Å². The van der Waals surface area contributed by atoms with E-state index in [1.54, 1.807) is 23.1 Å². The van der Waals surface area contributed by atoms with E-state index in [2.05, 4.69) is 21.3 Å². The summed E-state index contributed by atoms with van der Waals surface area (Å²) in [7, 11) is 0. The quantitative estimate of drug-likeness (QED) is 0.174. The molecule has 0 N–H and O–H groups in total. The van der Waals surface area contributed by atoms with E-state index in [0.29, 0.717) is 60.0 Å². The van der Waals surface area contributed by atoms with Crippen molar-refractivity contribution in [2.45, 2.75) is 37.0 Å². The first-order chi connectivity index (χ1) is 22.3. The number of carbonyl (C=O) groups excluding carboxylic acids is 1. The molecule has 3 saturated heterocycles. The first-order valence-electron chi connectivity index (χ1n) is 15.5. The fourth-order valence-corrected chi connectivity index (χ4v) is 7.81. The highest BCUT2D eigenvalue weighted by Crippen LogP contribution is 2.42. The fourth-order valence-electron chi connectivity index (χ4n) is 7.52. The number of aromatic nitrogens is 2. The van der Waals surface area contributed by atoms with Crippen molar-refractivity contribution in [3.05, 3.63) is 83.4 Å². The predicted octanol–water partition coefficient (Wildman–Crippen LogP) is 6.32. The van der Waals surface area contributed by atoms with Gasteiger partial charge < -0.3 is 19.4 Å². The largest absolute Gasteiger partial charge is 0.461 e. The van der Waals surface area contributed by atoms with Crippen molar-refractivity contribution in [2.75, 3.05) is 50.8 Å². The molecule has 1 amide bonds. The first kappa shape index (κ1) is 30.3. The van der Waals surface area contributed by atoms with Crippen LogP contribution in [0.15, 0.2) is 61.2 Å². The van der Waals surface area contributed by atoms with Crippen LogP contribution in [0.3, 0.4) is 0 Å². The van der Waals surface area contributed by atoms with Gasteiger partial charge in [-0.2, -0.15) is 9.97 Å². The van der Waals surface area contributed by atoms with Crippen LogP contribution >= 0.6 is 11.6 Å². The minimum absolute atomic E-state index is 0.00404. The second-order valence-electron chi connectivity index (χ2n) is 12.3. The number of amides is 1. The highest BCUT2D eigenvalue weighted by Gasteiger charge is 2.49. The van der Waals surface area contributed by atoms with Gasteiger partial charge in [0.05, 0.1) is 5.54 Å². The van der Waals surface area contributed by atoms with Crippen LogP contribution in [0, 0.1) is 12.4 Å². The molecule has 0 unspecified atom stereocenters. The molecule has 11 heteroatoms. The predicted molar refractivity (Wildman–Crippen MR) is 175 cm³/mol. The third-order valence-electron chi connectivity index (χ3n) is 9.68. The van der Waals surface area contributed by atoms with Crippen molar-refractivity contribution in [3.63, 3.8) is 0 Å². The Kier molecular flexibility index (Phi) is 7.99. The summed E-state index contributed by atoms with van der Waals surface area (Å²) in [6.07, 6.45) is 2.49. The molecule has 3 fully saturated rings. The molecule has 3 atom stereocenters. The van der Waals surface area contributed by atoms with Gasteiger partial charge in [-0.25, -0.2) is 15.4 Å². The number of halogens is 3. The van der Waals surface area contributed by atoms with Crippen LogP contribution in [0.25, 0.3) is 37.6 Å². The highest BCUT2D eigenvalue weighted by atomic mass is 35.5. The lowest BCUT2D eigenvalue weighted by atomic mass is 9.95. The monoisotopic (exact) mass is 642 g/mol. The number of benzene rings is 3. The summed E-state index contributed by atoms with van der Waals surface area (Å²) >= 11 is 6.62. The van der Waals surface area contributed by atoms with E-state index >= 15 is 4.39 Å². The standard InChI is InChI=1S/C35H33ClF2N6O2/c1-3-29(45)44-16-15-42(20-24(44)18-39-2)33-27-12-11-26(25-9-4-7-22-8-5-10-28(36)30(22)25)31(38)32(27)40-34(41-33)46-21-35-13-6-14-43(35)19-23(37)17-35/h3-5,7-12,23-24H,1,6,13-21H2/t23-,24+,35+/m1/s1. The van der Waals surface area contributed by atoms with E-state index in [-0.39, 0.29) is 30.6 Å². The smallest absolute Gasteiger partial charge is 0.319 e. The minimum atomic E-state index is -0.918. The Bertz CT molecular complexity index is 1890. The van der Waals surface area contributed by atoms with Crippen molar-refractivity contribution < 1.29 is 18.3 Å². The molecule has 46 heavy (non-hydrogen) atoms. The van der Waals surface area contributed by atoms with E-state index < -0.39 is 23.6 Å². The Morgan fingerprint density at radius 1 is 1.13 bits per heavy atom. The van der Waals surface area contributed by atoms with Crippen LogP contribution in [-0.2, 0) is 4.79 Å². The normalized spacial score (nSPS) is 23.1. The molecular weight excluding hydrogens is 610 g/mol. The van der Waals surface area contributed by atoms with Crippen LogP contribution in [-0.4, -0.2) is 89.3 Å². The van der Waals surface area contributed by atoms with Gasteiger partial charge in [0.1, 0.15) is 30.2 Å². The molecule has 0 bridgehead atoms. The molecule has 3 aliphatic heterocycles. The molecule has 236 valence electrons. The number of carbonyl (C=O) groups is 1. The molecular formula is C35H33ClF2N6O2. The number of ether oxygens (including phenoxy) is 1. The molecule has 0 saturated carbocycles. The zero-order valence-corrected chi connectivity index (χ0v) is 26.0. The van der Waals surface area contributed by atoms with E-state index in [1.807, 2.05) is 35.2 Å². The summed E-state index contributed by atoms with van der Waals surface area (Å²) in [5.74, 6) is -0.322. The second-order valence-corrected chi connectivity index (χ2v) is 12.7. The van der Waals surface area contributed by atoms with Gasteiger partial charge >= 0.3 is 6.01 Å². The molecule has 0 radical (unpaired) electrons. The summed E-state index contributed by atoms with van der Waals surface area (Å²) in [5.41, 5.74) is 0.628. The molecule has 3 aliphatic rings. The van der Waals surface area contributed by atoms with Gasteiger partial charge in [0, 0.05) is 54.0 Å². The Labute approximate surface area is 271 Å². The fraction of sp³-hybridized carbons (Fsp3) is 0.371. The van der Waals surface area contributed by atoms with E-state index in [0.717, 1.165) is 30.2 Å². The van der Waals surface area contributed by atoms with Crippen LogP contribution in [0.5, 0.6) is 6.01 Å². The number of hydrogen-bond donors (Lipinski definition) is 0. The maximum Gasteiger partial charge on any atom is 0.319 e. The van der Waals surface area contributed by atoms with Crippen LogP contribution in [0.2, 0.25) is 5.02 Å². The van der Waals surface area contributed by atoms with E-state index in [1.165, 1.54) is 6.08 Å². The first-order valence-corrected chi connectivity index (χ1v) is 15.9. The maximum atomic E-state index is 16.8. The highest BCUT2D eigenvalue weighted by molar-refractivity contribution is 6.36. The lowest BCUT2D eigenvalue weighted by Crippen LogP contribution is -2.56. The van der Waals surface area contributed by atoms with Gasteiger partial charge in [-0.1, -0.05) is 54.6 Å². The van der Waals surface area contributed by atoms with E-state index in [9.17, 15) is 9.18 Å². The average Bonchev–Trinajstić information content (AvgIpc) is 3.59. The number of rotatable bonds is 7. The number of alkyl halides is 1. The number of nitrogens with zero attached hydrogens (tertiary/aromatic N) is 6. The van der Waals surface area contributed by atoms with Crippen molar-refractivity contribution >= 4 is 45.0 Å². The number of piperazine rings is 1. The summed E-state index contributed by atoms with van der Waals surface area (Å²) in [5, 5.41) is 2.62. The summed E-state index contributed by atoms with van der Waals surface area (Å²) < 4.78 is 37.5. The lowest BCUT2D eigenvalue weighted by molar-refractivity contribution is -0.128. The zero-order chi connectivity index (χ0) is 32.0. The third-order valence-corrected chi connectivity index (χ3v) is 10.00. The molecule has 8 nitrogen and oxygen atoms in total. The van der Waals surface area contributed by atoms with Crippen molar-refractivity contribution in [3.8, 4) is 17.1 Å². The number of fused-ring (bicyclic) bond motifs is 3. The van der Waals surface area contributed by atoms with Crippen molar-refractivity contribution in [1.82, 2.24) is 19.8 Å². The molecule has 4 heterocycles. The van der Waals surface area contributed by atoms with Gasteiger partial charge in [0.15, 0.2) is 5.82 Å². The zero-order valence-electron chi connectivity index (χ0n) is 25.3. The molecule has 0 spiro atoms. The Morgan fingerprint density at radius 2 is 1.96 bits per heavy atom. The Hall–Kier alpha value is -4.33. The summed E-state index contributed by atoms with van der Waals surface area (Å²) in [6, 6.07) is 14.3.